The molecule has 0 bridgehead atoms. The van der Waals surface area contributed by atoms with E-state index in [1.807, 2.05) is 0 Å². The van der Waals surface area contributed by atoms with E-state index in [1.165, 1.54) is 59.2 Å². The van der Waals surface area contributed by atoms with Gasteiger partial charge in [0, 0.05) is 5.90 Å². The van der Waals surface area contributed by atoms with E-state index in [1.54, 1.807) is 0 Å². The summed E-state index contributed by atoms with van der Waals surface area (Å²) in [4.78, 5) is 0. The van der Waals surface area contributed by atoms with Crippen molar-refractivity contribution in [2.75, 3.05) is 5.90 Å². The SMILES string of the molecule is C1CCCC1.[Ru+2].[SH-].c1ccc(P(CP(c2ccccc2)c2ccccc2)c2ccccc2)cc1. The van der Waals surface area contributed by atoms with Gasteiger partial charge in [-0.05, 0) is 37.1 Å². The summed E-state index contributed by atoms with van der Waals surface area (Å²) in [6.45, 7) is 0. The number of benzene rings is 4. The number of thiol groups is 1. The second kappa shape index (κ2) is 16.4. The van der Waals surface area contributed by atoms with E-state index in [9.17, 15) is 0 Å². The maximum Gasteiger partial charge on any atom is 2.00 e. The fourth-order valence-electron chi connectivity index (χ4n) is 4.08. The summed E-state index contributed by atoms with van der Waals surface area (Å²) < 4.78 is 0. The fraction of sp³-hybridized carbons (Fsp3) is 0.200. The van der Waals surface area contributed by atoms with Gasteiger partial charge in [0.25, 0.3) is 0 Å². The van der Waals surface area contributed by atoms with Crippen LogP contribution >= 0.6 is 15.8 Å². The predicted molar refractivity (Wildman–Crippen MR) is 155 cm³/mol. The zero-order chi connectivity index (χ0) is 21.8. The minimum absolute atomic E-state index is 0. The third-order valence-corrected chi connectivity index (χ3v) is 11.8. The number of hydrogen-bond acceptors (Lipinski definition) is 1. The fourth-order valence-corrected chi connectivity index (χ4v) is 10.6. The molecule has 0 aliphatic heterocycles. The molecule has 4 aromatic rings. The van der Waals surface area contributed by atoms with Crippen LogP contribution in [0.1, 0.15) is 32.1 Å². The first-order chi connectivity index (χ1) is 15.9. The van der Waals surface area contributed by atoms with Gasteiger partial charge in [-0.2, -0.15) is 0 Å². The maximum absolute atomic E-state index is 2.29. The number of rotatable bonds is 6. The Hall–Kier alpha value is -1.29. The van der Waals surface area contributed by atoms with Crippen molar-refractivity contribution in [2.24, 2.45) is 0 Å². The van der Waals surface area contributed by atoms with Crippen molar-refractivity contribution in [3.8, 4) is 0 Å². The third-order valence-electron chi connectivity index (χ3n) is 5.80. The van der Waals surface area contributed by atoms with Gasteiger partial charge in [0.1, 0.15) is 0 Å². The monoisotopic (exact) mass is 589 g/mol. The largest absolute Gasteiger partial charge is 2.00 e. The molecule has 0 unspecified atom stereocenters. The van der Waals surface area contributed by atoms with Crippen LogP contribution < -0.4 is 21.2 Å². The molecule has 0 saturated heterocycles. The van der Waals surface area contributed by atoms with Crippen molar-refractivity contribution in [3.05, 3.63) is 121 Å². The Kier molecular flexibility index (Phi) is 14.0. The molecule has 1 aliphatic rings. The van der Waals surface area contributed by atoms with Crippen LogP contribution in [0.2, 0.25) is 0 Å². The van der Waals surface area contributed by atoms with E-state index < -0.39 is 15.8 Å². The van der Waals surface area contributed by atoms with Crippen molar-refractivity contribution in [1.82, 2.24) is 0 Å². The van der Waals surface area contributed by atoms with Gasteiger partial charge in [-0.15, -0.1) is 0 Å². The molecule has 5 rings (SSSR count). The van der Waals surface area contributed by atoms with Gasteiger partial charge >= 0.3 is 19.5 Å². The summed E-state index contributed by atoms with van der Waals surface area (Å²) in [5.41, 5.74) is 0. The summed E-state index contributed by atoms with van der Waals surface area (Å²) in [5, 5.41) is 5.83. The average Bonchev–Trinajstić information content (AvgIpc) is 3.47. The average molecular weight is 589 g/mol. The Morgan fingerprint density at radius 2 is 0.588 bits per heavy atom. The molecule has 0 atom stereocenters. The van der Waals surface area contributed by atoms with Gasteiger partial charge < -0.3 is 13.5 Å². The van der Waals surface area contributed by atoms with Crippen LogP contribution in [0.25, 0.3) is 0 Å². The summed E-state index contributed by atoms with van der Waals surface area (Å²) in [7, 11) is -0.817. The Morgan fingerprint density at radius 3 is 0.794 bits per heavy atom. The molecule has 0 aromatic heterocycles. The molecule has 0 amide bonds. The molecular weight excluding hydrogens is 555 g/mol. The normalized spacial score (nSPS) is 12.3. The molecule has 0 N–H and O–H groups in total. The quantitative estimate of drug-likeness (QED) is 0.102. The zero-order valence-electron chi connectivity index (χ0n) is 19.5. The smallest absolute Gasteiger partial charge is 0.813 e. The predicted octanol–water partition coefficient (Wildman–Crippen LogP) is 6.89. The maximum atomic E-state index is 2.29. The van der Waals surface area contributed by atoms with E-state index >= 15 is 0 Å². The van der Waals surface area contributed by atoms with Crippen LogP contribution in [-0.4, -0.2) is 5.90 Å². The molecular formula is C30H33P2RuS+. The molecule has 176 valence electrons. The zero-order valence-corrected chi connectivity index (χ0v) is 23.9. The molecule has 0 nitrogen and oxygen atoms in total. The minimum atomic E-state index is -0.409. The van der Waals surface area contributed by atoms with E-state index in [-0.39, 0.29) is 33.0 Å². The summed E-state index contributed by atoms with van der Waals surface area (Å²) in [6.07, 6.45) is 7.50. The standard InChI is InChI=1S/C25H22P2.C5H10.Ru.H2S/c1-5-13-22(14-6-1)26(23-15-7-2-8-16-23)21-27(24-17-9-3-10-18-24)25-19-11-4-12-20-25;1-2-4-5-3-1;;/h1-20H,21H2;1-5H2;;1H2/q;;+2;/p-1. The Labute approximate surface area is 228 Å². The Bertz CT molecular complexity index is 859. The van der Waals surface area contributed by atoms with Gasteiger partial charge in [-0.3, -0.25) is 0 Å². The first-order valence-corrected chi connectivity index (χ1v) is 14.7. The van der Waals surface area contributed by atoms with Crippen molar-refractivity contribution in [2.45, 2.75) is 32.1 Å². The van der Waals surface area contributed by atoms with E-state index in [0.717, 1.165) is 0 Å². The summed E-state index contributed by atoms with van der Waals surface area (Å²) in [6, 6.07) is 44.1. The van der Waals surface area contributed by atoms with Crippen molar-refractivity contribution in [3.63, 3.8) is 0 Å². The van der Waals surface area contributed by atoms with Crippen molar-refractivity contribution < 1.29 is 19.5 Å². The molecule has 4 heteroatoms. The van der Waals surface area contributed by atoms with Crippen LogP contribution in [-0.2, 0) is 33.0 Å². The topological polar surface area (TPSA) is 0 Å². The van der Waals surface area contributed by atoms with Crippen LogP contribution in [0.3, 0.4) is 0 Å². The van der Waals surface area contributed by atoms with E-state index in [4.69, 9.17) is 0 Å². The molecule has 0 radical (unpaired) electrons. The van der Waals surface area contributed by atoms with Gasteiger partial charge in [0.2, 0.25) is 0 Å². The molecule has 1 aliphatic carbocycles. The van der Waals surface area contributed by atoms with Crippen LogP contribution in [0.15, 0.2) is 121 Å². The molecule has 1 fully saturated rings. The Balaban J connectivity index is 0.000000520. The first kappa shape index (κ1) is 28.9. The van der Waals surface area contributed by atoms with Gasteiger partial charge in [-0.25, -0.2) is 0 Å². The van der Waals surface area contributed by atoms with Gasteiger partial charge in [-0.1, -0.05) is 153 Å². The summed E-state index contributed by atoms with van der Waals surface area (Å²) >= 11 is 0. The number of hydrogen-bond donors (Lipinski definition) is 0. The second-order valence-electron chi connectivity index (χ2n) is 8.11. The summed E-state index contributed by atoms with van der Waals surface area (Å²) in [5.74, 6) is 1.17. The van der Waals surface area contributed by atoms with Crippen molar-refractivity contribution >= 4 is 50.6 Å². The van der Waals surface area contributed by atoms with Gasteiger partial charge in [0.05, 0.1) is 0 Å². The van der Waals surface area contributed by atoms with E-state index in [2.05, 4.69) is 121 Å². The molecule has 0 heterocycles. The molecule has 0 spiro atoms. The van der Waals surface area contributed by atoms with Crippen LogP contribution in [0, 0.1) is 0 Å². The Morgan fingerprint density at radius 1 is 0.382 bits per heavy atom. The van der Waals surface area contributed by atoms with Crippen LogP contribution in [0.5, 0.6) is 0 Å². The second-order valence-corrected chi connectivity index (χ2v) is 13.0. The molecule has 1 saturated carbocycles. The third kappa shape index (κ3) is 8.74. The van der Waals surface area contributed by atoms with E-state index in [0.29, 0.717) is 0 Å². The van der Waals surface area contributed by atoms with Crippen molar-refractivity contribution in [1.29, 1.82) is 0 Å². The first-order valence-electron chi connectivity index (χ1n) is 11.7. The van der Waals surface area contributed by atoms with Crippen LogP contribution in [0.4, 0.5) is 0 Å². The molecule has 4 aromatic carbocycles. The minimum Gasteiger partial charge on any atom is -0.813 e. The van der Waals surface area contributed by atoms with Gasteiger partial charge in [0.15, 0.2) is 0 Å². The molecule has 34 heavy (non-hydrogen) atoms.